The third-order valence-corrected chi connectivity index (χ3v) is 2.31. The van der Waals surface area contributed by atoms with Gasteiger partial charge in [0.15, 0.2) is 0 Å². The smallest absolute Gasteiger partial charge is 0.140 e. The number of hydrogen-bond acceptors (Lipinski definition) is 2. The van der Waals surface area contributed by atoms with Crippen LogP contribution in [-0.2, 0) is 0 Å². The highest BCUT2D eigenvalue weighted by Gasteiger charge is 2.01. The maximum Gasteiger partial charge on any atom is 0.140 e. The van der Waals surface area contributed by atoms with Crippen molar-refractivity contribution < 1.29 is 4.39 Å². The Balaban J connectivity index is 2.19. The lowest BCUT2D eigenvalue weighted by Crippen LogP contribution is -1.91. The fourth-order valence-corrected chi connectivity index (χ4v) is 1.33. The normalized spacial score (nSPS) is 10.1. The summed E-state index contributed by atoms with van der Waals surface area (Å²) in [4.78, 5) is 0. The third-order valence-electron chi connectivity index (χ3n) is 1.71. The van der Waals surface area contributed by atoms with Crippen molar-refractivity contribution >= 4 is 27.4 Å². The summed E-state index contributed by atoms with van der Waals surface area (Å²) < 4.78 is 13.4. The zero-order valence-electron chi connectivity index (χ0n) is 7.09. The monoisotopic (exact) mass is 255 g/mol. The Labute approximate surface area is 88.5 Å². The van der Waals surface area contributed by atoms with Crippen LogP contribution in [0.2, 0.25) is 0 Å². The van der Waals surface area contributed by atoms with Gasteiger partial charge in [-0.05, 0) is 40.2 Å². The number of rotatable bonds is 2. The van der Waals surface area contributed by atoms with Crippen LogP contribution in [0.25, 0.3) is 0 Å². The van der Waals surface area contributed by atoms with Crippen LogP contribution in [0.4, 0.5) is 15.9 Å². The Kier molecular flexibility index (Phi) is 2.49. The maximum atomic E-state index is 12.6. The standard InChI is InChI=1S/C9H7BrFN3/c10-8-5-12-14-9(8)13-7-3-1-6(11)2-4-7/h1-5H,(H2,12,13,14). The van der Waals surface area contributed by atoms with Crippen molar-refractivity contribution in [1.29, 1.82) is 0 Å². The van der Waals surface area contributed by atoms with Gasteiger partial charge in [-0.25, -0.2) is 4.39 Å². The van der Waals surface area contributed by atoms with Crippen molar-refractivity contribution in [2.24, 2.45) is 0 Å². The van der Waals surface area contributed by atoms with Gasteiger partial charge in [0.25, 0.3) is 0 Å². The molecule has 0 saturated heterocycles. The minimum absolute atomic E-state index is 0.251. The lowest BCUT2D eigenvalue weighted by molar-refractivity contribution is 0.628. The molecule has 0 aliphatic heterocycles. The summed E-state index contributed by atoms with van der Waals surface area (Å²) in [6.45, 7) is 0. The second-order valence-electron chi connectivity index (χ2n) is 2.72. The number of anilines is 2. The number of benzene rings is 1. The molecule has 0 aliphatic carbocycles. The van der Waals surface area contributed by atoms with Gasteiger partial charge in [0, 0.05) is 5.69 Å². The first-order valence-electron chi connectivity index (χ1n) is 3.97. The van der Waals surface area contributed by atoms with Crippen molar-refractivity contribution in [1.82, 2.24) is 10.2 Å². The van der Waals surface area contributed by atoms with E-state index in [1.165, 1.54) is 12.1 Å². The highest BCUT2D eigenvalue weighted by Crippen LogP contribution is 2.22. The molecule has 0 aliphatic rings. The van der Waals surface area contributed by atoms with E-state index in [1.807, 2.05) is 0 Å². The molecule has 5 heteroatoms. The molecule has 1 aromatic carbocycles. The zero-order chi connectivity index (χ0) is 9.97. The SMILES string of the molecule is Fc1ccc(Nc2[nH]ncc2Br)cc1. The summed E-state index contributed by atoms with van der Waals surface area (Å²) in [5, 5.41) is 9.64. The quantitative estimate of drug-likeness (QED) is 0.866. The van der Waals surface area contributed by atoms with Crippen LogP contribution in [0.15, 0.2) is 34.9 Å². The molecular weight excluding hydrogens is 249 g/mol. The van der Waals surface area contributed by atoms with E-state index < -0.39 is 0 Å². The fourth-order valence-electron chi connectivity index (χ4n) is 1.04. The summed E-state index contributed by atoms with van der Waals surface area (Å²) in [6, 6.07) is 6.10. The molecule has 0 atom stereocenters. The van der Waals surface area contributed by atoms with E-state index in [9.17, 15) is 4.39 Å². The van der Waals surface area contributed by atoms with Gasteiger partial charge in [-0.2, -0.15) is 5.10 Å². The molecule has 0 saturated carbocycles. The molecule has 0 spiro atoms. The summed E-state index contributed by atoms with van der Waals surface area (Å²) in [6.07, 6.45) is 1.64. The first kappa shape index (κ1) is 9.21. The van der Waals surface area contributed by atoms with Crippen LogP contribution in [0, 0.1) is 5.82 Å². The maximum absolute atomic E-state index is 12.6. The Hall–Kier alpha value is -1.36. The molecule has 0 unspecified atom stereocenters. The molecule has 0 amide bonds. The molecule has 0 bridgehead atoms. The Morgan fingerprint density at radius 1 is 1.29 bits per heavy atom. The second kappa shape index (κ2) is 3.79. The van der Waals surface area contributed by atoms with Gasteiger partial charge in [-0.1, -0.05) is 0 Å². The highest BCUT2D eigenvalue weighted by atomic mass is 79.9. The predicted molar refractivity (Wildman–Crippen MR) is 56.0 cm³/mol. The number of halogens is 2. The third kappa shape index (κ3) is 1.93. The lowest BCUT2D eigenvalue weighted by Gasteiger charge is -2.03. The molecule has 2 N–H and O–H groups in total. The Morgan fingerprint density at radius 3 is 2.57 bits per heavy atom. The number of nitrogens with one attached hydrogen (secondary N) is 2. The molecule has 3 nitrogen and oxygen atoms in total. The molecule has 14 heavy (non-hydrogen) atoms. The molecule has 0 fully saturated rings. The first-order valence-corrected chi connectivity index (χ1v) is 4.76. The van der Waals surface area contributed by atoms with E-state index in [1.54, 1.807) is 18.3 Å². The number of aromatic amines is 1. The number of nitrogens with zero attached hydrogens (tertiary/aromatic N) is 1. The van der Waals surface area contributed by atoms with E-state index >= 15 is 0 Å². The van der Waals surface area contributed by atoms with E-state index in [0.29, 0.717) is 0 Å². The average Bonchev–Trinajstić information content (AvgIpc) is 2.56. The molecule has 1 heterocycles. The van der Waals surface area contributed by atoms with Crippen LogP contribution in [-0.4, -0.2) is 10.2 Å². The highest BCUT2D eigenvalue weighted by molar-refractivity contribution is 9.10. The molecule has 2 aromatic rings. The molecule has 72 valence electrons. The van der Waals surface area contributed by atoms with Gasteiger partial charge in [0.2, 0.25) is 0 Å². The van der Waals surface area contributed by atoms with Crippen molar-refractivity contribution in [3.05, 3.63) is 40.8 Å². The number of H-pyrrole nitrogens is 1. The Morgan fingerprint density at radius 2 is 2.00 bits per heavy atom. The van der Waals surface area contributed by atoms with Crippen LogP contribution in [0.3, 0.4) is 0 Å². The average molecular weight is 256 g/mol. The van der Waals surface area contributed by atoms with Crippen LogP contribution in [0.1, 0.15) is 0 Å². The van der Waals surface area contributed by atoms with Crippen LogP contribution >= 0.6 is 15.9 Å². The van der Waals surface area contributed by atoms with Crippen LogP contribution < -0.4 is 5.32 Å². The van der Waals surface area contributed by atoms with Gasteiger partial charge in [0.1, 0.15) is 11.6 Å². The van der Waals surface area contributed by atoms with Gasteiger partial charge in [-0.3, -0.25) is 5.10 Å². The summed E-state index contributed by atoms with van der Waals surface area (Å²) in [5.41, 5.74) is 0.802. The predicted octanol–water partition coefficient (Wildman–Crippen LogP) is 3.05. The summed E-state index contributed by atoms with van der Waals surface area (Å²) >= 11 is 3.31. The molecule has 0 radical (unpaired) electrons. The van der Waals surface area contributed by atoms with Gasteiger partial charge < -0.3 is 5.32 Å². The largest absolute Gasteiger partial charge is 0.340 e. The lowest BCUT2D eigenvalue weighted by atomic mass is 10.3. The van der Waals surface area contributed by atoms with Gasteiger partial charge in [0.05, 0.1) is 10.7 Å². The summed E-state index contributed by atoms with van der Waals surface area (Å²) in [5.74, 6) is 0.496. The molecule has 2 rings (SSSR count). The zero-order valence-corrected chi connectivity index (χ0v) is 8.68. The van der Waals surface area contributed by atoms with Crippen LogP contribution in [0.5, 0.6) is 0 Å². The van der Waals surface area contributed by atoms with E-state index in [2.05, 4.69) is 31.4 Å². The first-order chi connectivity index (χ1) is 6.75. The van der Waals surface area contributed by atoms with Crippen molar-refractivity contribution in [2.75, 3.05) is 5.32 Å². The van der Waals surface area contributed by atoms with Crippen molar-refractivity contribution in [2.45, 2.75) is 0 Å². The molecular formula is C9H7BrFN3. The van der Waals surface area contributed by atoms with E-state index in [0.717, 1.165) is 16.0 Å². The summed E-state index contributed by atoms with van der Waals surface area (Å²) in [7, 11) is 0. The van der Waals surface area contributed by atoms with E-state index in [4.69, 9.17) is 0 Å². The number of hydrogen-bond donors (Lipinski definition) is 2. The molecule has 1 aromatic heterocycles. The Bertz CT molecular complexity index is 424. The van der Waals surface area contributed by atoms with Crippen molar-refractivity contribution in [3.63, 3.8) is 0 Å². The van der Waals surface area contributed by atoms with Crippen molar-refractivity contribution in [3.8, 4) is 0 Å². The minimum atomic E-state index is -0.251. The minimum Gasteiger partial charge on any atom is -0.340 e. The second-order valence-corrected chi connectivity index (χ2v) is 3.58. The number of aromatic nitrogens is 2. The fraction of sp³-hybridized carbons (Fsp3) is 0. The van der Waals surface area contributed by atoms with E-state index in [-0.39, 0.29) is 5.82 Å². The topological polar surface area (TPSA) is 40.7 Å². The van der Waals surface area contributed by atoms with Gasteiger partial charge in [-0.15, -0.1) is 0 Å². The van der Waals surface area contributed by atoms with Gasteiger partial charge >= 0.3 is 0 Å².